The van der Waals surface area contributed by atoms with E-state index in [1.807, 2.05) is 6.20 Å². The molecule has 0 aromatic carbocycles. The van der Waals surface area contributed by atoms with Crippen LogP contribution in [-0.4, -0.2) is 46.0 Å². The second kappa shape index (κ2) is 3.35. The second-order valence-electron chi connectivity index (χ2n) is 6.48. The number of carbonyl (C=O) groups is 1. The first-order chi connectivity index (χ1) is 8.33. The third kappa shape index (κ3) is 1.43. The molecule has 0 atom stereocenters. The van der Waals surface area contributed by atoms with Crippen LogP contribution >= 0.6 is 0 Å². The van der Waals surface area contributed by atoms with E-state index in [4.69, 9.17) is 0 Å². The van der Waals surface area contributed by atoms with Gasteiger partial charge in [-0.25, -0.2) is 4.98 Å². The third-order valence-corrected chi connectivity index (χ3v) is 4.21. The van der Waals surface area contributed by atoms with Crippen molar-refractivity contribution in [2.24, 2.45) is 0 Å². The Hall–Kier alpha value is -1.36. The minimum absolute atomic E-state index is 0.0668. The fraction of sp³-hybridized carbons (Fsp3) is 0.692. The number of hydrogen-bond acceptors (Lipinski definition) is 3. The van der Waals surface area contributed by atoms with Gasteiger partial charge in [-0.1, -0.05) is 0 Å². The van der Waals surface area contributed by atoms with Crippen LogP contribution in [0, 0.1) is 0 Å². The van der Waals surface area contributed by atoms with Crippen molar-refractivity contribution in [2.75, 3.05) is 25.0 Å². The van der Waals surface area contributed by atoms with Crippen molar-refractivity contribution in [2.45, 2.75) is 38.3 Å². The highest BCUT2D eigenvalue weighted by Crippen LogP contribution is 2.42. The van der Waals surface area contributed by atoms with Gasteiger partial charge in [-0.15, -0.1) is 0 Å². The average molecular weight is 248 g/mol. The molecule has 3 heterocycles. The number of fused-ring (bicyclic) bond motifs is 2. The van der Waals surface area contributed by atoms with Crippen LogP contribution in [0.25, 0.3) is 0 Å². The summed E-state index contributed by atoms with van der Waals surface area (Å²) in [4.78, 5) is 20.4. The Morgan fingerprint density at radius 2 is 2.00 bits per heavy atom. The molecule has 0 unspecified atom stereocenters. The minimum Gasteiger partial charge on any atom is -0.308 e. The van der Waals surface area contributed by atoms with Crippen LogP contribution in [0.2, 0.25) is 0 Å². The Morgan fingerprint density at radius 3 is 2.61 bits per heavy atom. The van der Waals surface area contributed by atoms with Crippen LogP contribution in [-0.2, 0) is 10.3 Å². The van der Waals surface area contributed by atoms with Gasteiger partial charge < -0.3 is 4.57 Å². The summed E-state index contributed by atoms with van der Waals surface area (Å²) in [7, 11) is 1.80. The summed E-state index contributed by atoms with van der Waals surface area (Å²) in [6, 6.07) is 0. The summed E-state index contributed by atoms with van der Waals surface area (Å²) in [6.07, 6.45) is 4.36. The summed E-state index contributed by atoms with van der Waals surface area (Å²) < 4.78 is 2.18. The maximum atomic E-state index is 12.1. The molecule has 5 heteroatoms. The zero-order chi connectivity index (χ0) is 13.1. The highest BCUT2D eigenvalue weighted by atomic mass is 16.2. The van der Waals surface area contributed by atoms with Crippen LogP contribution in [0.3, 0.4) is 0 Å². The molecular formula is C13H20N4O. The number of aromatic nitrogens is 2. The van der Waals surface area contributed by atoms with Crippen LogP contribution in [0.1, 0.15) is 27.2 Å². The summed E-state index contributed by atoms with van der Waals surface area (Å²) in [6.45, 7) is 8.50. The van der Waals surface area contributed by atoms with Gasteiger partial charge in [0.1, 0.15) is 0 Å². The molecule has 1 saturated heterocycles. The van der Waals surface area contributed by atoms with Gasteiger partial charge in [-0.05, 0) is 20.8 Å². The minimum atomic E-state index is -0.0668. The van der Waals surface area contributed by atoms with Crippen molar-refractivity contribution in [3.8, 4) is 0 Å². The Kier molecular flexibility index (Phi) is 2.18. The van der Waals surface area contributed by atoms with Crippen LogP contribution in [0.4, 0.5) is 5.95 Å². The number of hydrogen-bond donors (Lipinski definition) is 0. The Balaban J connectivity index is 1.93. The van der Waals surface area contributed by atoms with E-state index >= 15 is 0 Å². The zero-order valence-electron chi connectivity index (χ0n) is 11.5. The number of amides is 1. The van der Waals surface area contributed by atoms with Crippen molar-refractivity contribution >= 4 is 11.9 Å². The molecule has 1 aromatic heterocycles. The molecule has 0 bridgehead atoms. The van der Waals surface area contributed by atoms with Crippen molar-refractivity contribution in [3.63, 3.8) is 0 Å². The molecule has 2 aliphatic heterocycles. The average Bonchev–Trinajstić information content (AvgIpc) is 2.67. The SMILES string of the molecule is CN1C(=O)CC2(CN(C(C)(C)C)C2)n2ccnc21. The van der Waals surface area contributed by atoms with E-state index in [2.05, 4.69) is 35.2 Å². The molecule has 1 spiro atoms. The number of nitrogens with zero attached hydrogens (tertiary/aromatic N) is 4. The van der Waals surface area contributed by atoms with Gasteiger partial charge in [-0.3, -0.25) is 14.6 Å². The predicted octanol–water partition coefficient (Wildman–Crippen LogP) is 1.06. The number of likely N-dealkylation sites (tertiary alicyclic amines) is 1. The molecule has 0 aliphatic carbocycles. The van der Waals surface area contributed by atoms with Gasteiger partial charge in [-0.2, -0.15) is 0 Å². The van der Waals surface area contributed by atoms with Gasteiger partial charge in [0.15, 0.2) is 0 Å². The topological polar surface area (TPSA) is 41.4 Å². The Morgan fingerprint density at radius 1 is 1.33 bits per heavy atom. The molecule has 18 heavy (non-hydrogen) atoms. The first kappa shape index (κ1) is 11.7. The molecule has 1 fully saturated rings. The first-order valence-electron chi connectivity index (χ1n) is 6.39. The third-order valence-electron chi connectivity index (χ3n) is 4.21. The molecule has 5 nitrogen and oxygen atoms in total. The summed E-state index contributed by atoms with van der Waals surface area (Å²) >= 11 is 0. The molecule has 1 amide bonds. The number of carbonyl (C=O) groups excluding carboxylic acids is 1. The number of imidazole rings is 1. The fourth-order valence-corrected chi connectivity index (χ4v) is 2.91. The van der Waals surface area contributed by atoms with Gasteiger partial charge in [0.2, 0.25) is 11.9 Å². The van der Waals surface area contributed by atoms with E-state index in [1.54, 1.807) is 18.1 Å². The van der Waals surface area contributed by atoms with E-state index in [1.165, 1.54) is 0 Å². The van der Waals surface area contributed by atoms with E-state index in [-0.39, 0.29) is 17.0 Å². The summed E-state index contributed by atoms with van der Waals surface area (Å²) in [5, 5.41) is 0. The predicted molar refractivity (Wildman–Crippen MR) is 69.6 cm³/mol. The van der Waals surface area contributed by atoms with E-state index in [9.17, 15) is 4.79 Å². The van der Waals surface area contributed by atoms with Crippen molar-refractivity contribution in [1.29, 1.82) is 0 Å². The molecule has 0 saturated carbocycles. The van der Waals surface area contributed by atoms with Gasteiger partial charge in [0.05, 0.1) is 12.0 Å². The zero-order valence-corrected chi connectivity index (χ0v) is 11.5. The normalized spacial score (nSPS) is 23.1. The second-order valence-corrected chi connectivity index (χ2v) is 6.48. The molecular weight excluding hydrogens is 228 g/mol. The van der Waals surface area contributed by atoms with Gasteiger partial charge >= 0.3 is 0 Å². The van der Waals surface area contributed by atoms with E-state index in [0.29, 0.717) is 6.42 Å². The van der Waals surface area contributed by atoms with Gasteiger partial charge in [0.25, 0.3) is 0 Å². The van der Waals surface area contributed by atoms with E-state index < -0.39 is 0 Å². The van der Waals surface area contributed by atoms with Gasteiger partial charge in [0, 0.05) is 38.1 Å². The molecule has 0 N–H and O–H groups in total. The van der Waals surface area contributed by atoms with E-state index in [0.717, 1.165) is 19.0 Å². The lowest BCUT2D eigenvalue weighted by Gasteiger charge is -2.57. The first-order valence-corrected chi connectivity index (χ1v) is 6.39. The number of rotatable bonds is 0. The molecule has 2 aliphatic rings. The lowest BCUT2D eigenvalue weighted by Crippen LogP contribution is -2.70. The monoisotopic (exact) mass is 248 g/mol. The van der Waals surface area contributed by atoms with Crippen molar-refractivity contribution < 1.29 is 4.79 Å². The lowest BCUT2D eigenvalue weighted by atomic mass is 9.81. The highest BCUT2D eigenvalue weighted by molar-refractivity contribution is 5.93. The largest absolute Gasteiger partial charge is 0.308 e. The maximum absolute atomic E-state index is 12.1. The Labute approximate surface area is 107 Å². The smallest absolute Gasteiger partial charge is 0.231 e. The Bertz CT molecular complexity index is 493. The highest BCUT2D eigenvalue weighted by Gasteiger charge is 2.52. The van der Waals surface area contributed by atoms with Crippen molar-refractivity contribution in [1.82, 2.24) is 14.5 Å². The molecule has 1 aromatic rings. The van der Waals surface area contributed by atoms with Crippen LogP contribution < -0.4 is 4.90 Å². The van der Waals surface area contributed by atoms with Crippen molar-refractivity contribution in [3.05, 3.63) is 12.4 Å². The number of anilines is 1. The standard InChI is InChI=1S/C13H20N4O/c1-12(2,3)16-8-13(9-16)7-10(18)15(4)11-14-5-6-17(11)13/h5-6H,7-9H2,1-4H3. The summed E-state index contributed by atoms with van der Waals surface area (Å²) in [5.74, 6) is 0.946. The molecule has 98 valence electrons. The summed E-state index contributed by atoms with van der Waals surface area (Å²) in [5.41, 5.74) is 0.0983. The van der Waals surface area contributed by atoms with Crippen LogP contribution in [0.5, 0.6) is 0 Å². The lowest BCUT2D eigenvalue weighted by molar-refractivity contribution is -0.128. The maximum Gasteiger partial charge on any atom is 0.231 e. The molecule has 3 rings (SSSR count). The quantitative estimate of drug-likeness (QED) is 0.689. The molecule has 0 radical (unpaired) electrons. The van der Waals surface area contributed by atoms with Crippen LogP contribution in [0.15, 0.2) is 12.4 Å². The fourth-order valence-electron chi connectivity index (χ4n) is 2.91.